The molecule has 3 nitrogen and oxygen atoms in total. The summed E-state index contributed by atoms with van der Waals surface area (Å²) in [6.45, 7) is 12.1. The monoisotopic (exact) mass is 261 g/mol. The highest BCUT2D eigenvalue weighted by atomic mass is 15.2. The molecule has 19 heavy (non-hydrogen) atoms. The first-order valence-electron chi connectivity index (χ1n) is 7.39. The highest BCUT2D eigenvalue weighted by molar-refractivity contribution is 5.14. The first-order chi connectivity index (χ1) is 8.97. The van der Waals surface area contributed by atoms with Crippen LogP contribution in [0.2, 0.25) is 0 Å². The predicted molar refractivity (Wildman–Crippen MR) is 79.9 cm³/mol. The summed E-state index contributed by atoms with van der Waals surface area (Å²) in [5.41, 5.74) is 2.78. The average molecular weight is 261 g/mol. The fourth-order valence-corrected chi connectivity index (χ4v) is 2.63. The van der Waals surface area contributed by atoms with Gasteiger partial charge in [0.2, 0.25) is 0 Å². The van der Waals surface area contributed by atoms with E-state index in [0.717, 1.165) is 13.1 Å². The molecule has 1 N–H and O–H groups in total. The Morgan fingerprint density at radius 2 is 2.16 bits per heavy atom. The zero-order chi connectivity index (χ0) is 13.9. The van der Waals surface area contributed by atoms with Crippen LogP contribution in [0.15, 0.2) is 18.3 Å². The van der Waals surface area contributed by atoms with E-state index in [0.29, 0.717) is 11.6 Å². The van der Waals surface area contributed by atoms with Crippen molar-refractivity contribution < 1.29 is 0 Å². The molecule has 2 rings (SSSR count). The summed E-state index contributed by atoms with van der Waals surface area (Å²) in [5.74, 6) is 0. The van der Waals surface area contributed by atoms with Gasteiger partial charge in [-0.05, 0) is 44.9 Å². The Hall–Kier alpha value is -0.930. The fourth-order valence-electron chi connectivity index (χ4n) is 2.63. The molecule has 0 aromatic carbocycles. The zero-order valence-corrected chi connectivity index (χ0v) is 12.7. The number of hydrogen-bond acceptors (Lipinski definition) is 3. The van der Waals surface area contributed by atoms with Gasteiger partial charge in [-0.2, -0.15) is 0 Å². The summed E-state index contributed by atoms with van der Waals surface area (Å²) < 4.78 is 0. The largest absolute Gasteiger partial charge is 0.310 e. The van der Waals surface area contributed by atoms with E-state index in [2.05, 4.69) is 55.0 Å². The molecular formula is C16H27N3. The highest BCUT2D eigenvalue weighted by Crippen LogP contribution is 2.29. The standard InChI is InChI=1S/C16H27N3/c1-13(2)17-10-14-6-7-15(18-11-14)12-19-9-5-8-16(19,3)4/h6-7,11,13,17H,5,8-10,12H2,1-4H3. The predicted octanol–water partition coefficient (Wildman–Crippen LogP) is 2.95. The van der Waals surface area contributed by atoms with Crippen LogP contribution >= 0.6 is 0 Å². The van der Waals surface area contributed by atoms with Gasteiger partial charge in [-0.15, -0.1) is 0 Å². The Kier molecular flexibility index (Phi) is 4.58. The second kappa shape index (κ2) is 6.02. The van der Waals surface area contributed by atoms with E-state index in [1.165, 1.54) is 30.6 Å². The number of likely N-dealkylation sites (tertiary alicyclic amines) is 1. The number of nitrogens with one attached hydrogen (secondary N) is 1. The molecule has 3 heteroatoms. The third-order valence-electron chi connectivity index (χ3n) is 4.03. The van der Waals surface area contributed by atoms with Crippen LogP contribution in [0.4, 0.5) is 0 Å². The summed E-state index contributed by atoms with van der Waals surface area (Å²) in [5, 5.41) is 3.42. The van der Waals surface area contributed by atoms with E-state index < -0.39 is 0 Å². The smallest absolute Gasteiger partial charge is 0.0544 e. The van der Waals surface area contributed by atoms with Crippen LogP contribution in [0.5, 0.6) is 0 Å². The van der Waals surface area contributed by atoms with Crippen LogP contribution in [0, 0.1) is 0 Å². The molecule has 1 saturated heterocycles. The minimum Gasteiger partial charge on any atom is -0.310 e. The van der Waals surface area contributed by atoms with Crippen molar-refractivity contribution in [3.8, 4) is 0 Å². The third-order valence-corrected chi connectivity index (χ3v) is 4.03. The van der Waals surface area contributed by atoms with Gasteiger partial charge in [-0.25, -0.2) is 0 Å². The molecule has 1 fully saturated rings. The maximum Gasteiger partial charge on any atom is 0.0544 e. The molecule has 1 aromatic rings. The molecule has 0 spiro atoms. The lowest BCUT2D eigenvalue weighted by Crippen LogP contribution is -2.37. The van der Waals surface area contributed by atoms with E-state index in [1.807, 2.05) is 6.20 Å². The van der Waals surface area contributed by atoms with Crippen molar-refractivity contribution >= 4 is 0 Å². The van der Waals surface area contributed by atoms with Gasteiger partial charge in [-0.3, -0.25) is 9.88 Å². The first kappa shape index (κ1) is 14.5. The van der Waals surface area contributed by atoms with Crippen LogP contribution in [-0.4, -0.2) is 28.0 Å². The molecule has 1 aromatic heterocycles. The minimum absolute atomic E-state index is 0.333. The van der Waals surface area contributed by atoms with Crippen molar-refractivity contribution in [3.63, 3.8) is 0 Å². The second-order valence-corrected chi connectivity index (χ2v) is 6.53. The maximum atomic E-state index is 4.60. The van der Waals surface area contributed by atoms with Gasteiger partial charge in [0.05, 0.1) is 5.69 Å². The molecule has 0 radical (unpaired) electrons. The van der Waals surface area contributed by atoms with E-state index >= 15 is 0 Å². The molecule has 0 aliphatic carbocycles. The molecule has 0 atom stereocenters. The summed E-state index contributed by atoms with van der Waals surface area (Å²) in [6, 6.07) is 4.89. The number of aromatic nitrogens is 1. The van der Waals surface area contributed by atoms with Crippen LogP contribution in [-0.2, 0) is 13.1 Å². The van der Waals surface area contributed by atoms with Crippen molar-refractivity contribution in [1.29, 1.82) is 0 Å². The topological polar surface area (TPSA) is 28.2 Å². The lowest BCUT2D eigenvalue weighted by Gasteiger charge is -2.31. The summed E-state index contributed by atoms with van der Waals surface area (Å²) in [6.07, 6.45) is 4.61. The van der Waals surface area contributed by atoms with E-state index in [-0.39, 0.29) is 0 Å². The van der Waals surface area contributed by atoms with Gasteiger partial charge in [-0.1, -0.05) is 19.9 Å². The normalized spacial score (nSPS) is 19.2. The first-order valence-corrected chi connectivity index (χ1v) is 7.39. The minimum atomic E-state index is 0.333. The maximum absolute atomic E-state index is 4.60. The quantitative estimate of drug-likeness (QED) is 0.883. The Morgan fingerprint density at radius 1 is 1.37 bits per heavy atom. The fraction of sp³-hybridized carbons (Fsp3) is 0.688. The molecule has 1 aliphatic heterocycles. The van der Waals surface area contributed by atoms with Crippen molar-refractivity contribution in [3.05, 3.63) is 29.6 Å². The SMILES string of the molecule is CC(C)NCc1ccc(CN2CCCC2(C)C)nc1. The summed E-state index contributed by atoms with van der Waals surface area (Å²) >= 11 is 0. The molecule has 0 unspecified atom stereocenters. The molecule has 0 amide bonds. The molecule has 2 heterocycles. The van der Waals surface area contributed by atoms with Gasteiger partial charge in [0.25, 0.3) is 0 Å². The zero-order valence-electron chi connectivity index (χ0n) is 12.7. The second-order valence-electron chi connectivity index (χ2n) is 6.53. The van der Waals surface area contributed by atoms with Crippen LogP contribution < -0.4 is 5.32 Å². The number of hydrogen-bond donors (Lipinski definition) is 1. The highest BCUT2D eigenvalue weighted by Gasteiger charge is 2.31. The molecule has 0 saturated carbocycles. The van der Waals surface area contributed by atoms with Gasteiger partial charge in [0.15, 0.2) is 0 Å². The summed E-state index contributed by atoms with van der Waals surface area (Å²) in [7, 11) is 0. The number of nitrogens with zero attached hydrogens (tertiary/aromatic N) is 2. The van der Waals surface area contributed by atoms with Gasteiger partial charge >= 0.3 is 0 Å². The van der Waals surface area contributed by atoms with Gasteiger partial charge < -0.3 is 5.32 Å². The van der Waals surface area contributed by atoms with Crippen molar-refractivity contribution in [2.75, 3.05) is 6.54 Å². The number of rotatable bonds is 5. The lowest BCUT2D eigenvalue weighted by atomic mass is 10.0. The Bertz CT molecular complexity index is 395. The van der Waals surface area contributed by atoms with Crippen LogP contribution in [0.25, 0.3) is 0 Å². The molecule has 106 valence electrons. The molecule has 1 aliphatic rings. The Morgan fingerprint density at radius 3 is 2.68 bits per heavy atom. The van der Waals surface area contributed by atoms with Gasteiger partial charge in [0.1, 0.15) is 0 Å². The third kappa shape index (κ3) is 4.02. The van der Waals surface area contributed by atoms with Crippen molar-refractivity contribution in [2.24, 2.45) is 0 Å². The molecular weight excluding hydrogens is 234 g/mol. The Labute approximate surface area is 117 Å². The van der Waals surface area contributed by atoms with Crippen molar-refractivity contribution in [2.45, 2.75) is 65.2 Å². The van der Waals surface area contributed by atoms with Crippen LogP contribution in [0.3, 0.4) is 0 Å². The van der Waals surface area contributed by atoms with Gasteiger partial charge in [0, 0.05) is 30.9 Å². The Balaban J connectivity index is 1.91. The molecule has 0 bridgehead atoms. The number of pyridine rings is 1. The van der Waals surface area contributed by atoms with E-state index in [1.54, 1.807) is 0 Å². The van der Waals surface area contributed by atoms with Crippen LogP contribution in [0.1, 0.15) is 51.8 Å². The van der Waals surface area contributed by atoms with E-state index in [9.17, 15) is 0 Å². The summed E-state index contributed by atoms with van der Waals surface area (Å²) in [4.78, 5) is 7.15. The average Bonchev–Trinajstić information content (AvgIpc) is 2.68. The van der Waals surface area contributed by atoms with E-state index in [4.69, 9.17) is 0 Å². The van der Waals surface area contributed by atoms with Crippen molar-refractivity contribution in [1.82, 2.24) is 15.2 Å². The lowest BCUT2D eigenvalue weighted by molar-refractivity contribution is 0.164.